The molecule has 0 aliphatic carbocycles. The van der Waals surface area contributed by atoms with Gasteiger partial charge in [-0.15, -0.1) is 0 Å². The van der Waals surface area contributed by atoms with Gasteiger partial charge in [-0.2, -0.15) is 5.10 Å². The van der Waals surface area contributed by atoms with Crippen LogP contribution in [0.2, 0.25) is 10.0 Å². The third kappa shape index (κ3) is 3.93. The minimum absolute atomic E-state index is 0.336. The Morgan fingerprint density at radius 1 is 1.48 bits per heavy atom. The molecule has 5 nitrogen and oxygen atoms in total. The van der Waals surface area contributed by atoms with Gasteiger partial charge in [0.1, 0.15) is 4.88 Å². The van der Waals surface area contributed by atoms with E-state index in [1.807, 2.05) is 6.92 Å². The monoisotopic (exact) mass is 342 g/mol. The second-order valence-corrected chi connectivity index (χ2v) is 5.90. The molecule has 0 aliphatic rings. The van der Waals surface area contributed by atoms with E-state index in [0.717, 1.165) is 16.9 Å². The van der Waals surface area contributed by atoms with Crippen molar-refractivity contribution in [2.24, 2.45) is 5.10 Å². The van der Waals surface area contributed by atoms with Crippen molar-refractivity contribution in [2.45, 2.75) is 13.3 Å². The Morgan fingerprint density at radius 3 is 2.90 bits per heavy atom. The van der Waals surface area contributed by atoms with Gasteiger partial charge in [0.05, 0.1) is 22.0 Å². The molecule has 0 saturated carbocycles. The summed E-state index contributed by atoms with van der Waals surface area (Å²) in [6.45, 7) is 1.91. The van der Waals surface area contributed by atoms with E-state index in [0.29, 0.717) is 32.2 Å². The minimum Gasteiger partial charge on any atom is -0.375 e. The number of nitrogens with two attached hydrogens (primary N) is 1. The maximum Gasteiger partial charge on any atom is 0.283 e. The van der Waals surface area contributed by atoms with Gasteiger partial charge in [0.2, 0.25) is 0 Å². The molecule has 0 bridgehead atoms. The number of rotatable bonds is 4. The van der Waals surface area contributed by atoms with E-state index in [1.54, 1.807) is 18.2 Å². The number of thiazole rings is 1. The second-order valence-electron chi connectivity index (χ2n) is 4.05. The van der Waals surface area contributed by atoms with Crippen molar-refractivity contribution in [3.63, 3.8) is 0 Å². The number of nitrogens with zero attached hydrogens (tertiary/aromatic N) is 2. The molecule has 0 unspecified atom stereocenters. The summed E-state index contributed by atoms with van der Waals surface area (Å²) < 4.78 is 0. The van der Waals surface area contributed by atoms with Gasteiger partial charge in [-0.3, -0.25) is 4.79 Å². The first-order chi connectivity index (χ1) is 10.0. The van der Waals surface area contributed by atoms with Crippen LogP contribution in [0.1, 0.15) is 27.9 Å². The second kappa shape index (κ2) is 6.89. The van der Waals surface area contributed by atoms with Gasteiger partial charge in [0, 0.05) is 0 Å². The molecule has 0 atom stereocenters. The lowest BCUT2D eigenvalue weighted by Gasteiger charge is -1.99. The third-order valence-corrected chi connectivity index (χ3v) is 4.24. The molecule has 0 radical (unpaired) electrons. The van der Waals surface area contributed by atoms with Gasteiger partial charge < -0.3 is 5.73 Å². The quantitative estimate of drug-likeness (QED) is 0.660. The van der Waals surface area contributed by atoms with Crippen molar-refractivity contribution in [1.82, 2.24) is 10.4 Å². The number of anilines is 1. The van der Waals surface area contributed by atoms with Crippen molar-refractivity contribution in [3.05, 3.63) is 44.4 Å². The highest BCUT2D eigenvalue weighted by Crippen LogP contribution is 2.22. The van der Waals surface area contributed by atoms with E-state index in [1.165, 1.54) is 6.21 Å². The number of nitrogens with one attached hydrogen (secondary N) is 1. The molecule has 2 aromatic rings. The normalized spacial score (nSPS) is 11.0. The zero-order valence-corrected chi connectivity index (χ0v) is 13.4. The number of hydrogen-bond acceptors (Lipinski definition) is 5. The summed E-state index contributed by atoms with van der Waals surface area (Å²) in [6, 6.07) is 5.06. The lowest BCUT2D eigenvalue weighted by atomic mass is 10.2. The van der Waals surface area contributed by atoms with Crippen molar-refractivity contribution >= 4 is 51.8 Å². The zero-order chi connectivity index (χ0) is 15.4. The number of hydrogen-bond donors (Lipinski definition) is 2. The smallest absolute Gasteiger partial charge is 0.283 e. The molecule has 1 amide bonds. The Kier molecular flexibility index (Phi) is 5.17. The third-order valence-electron chi connectivity index (χ3n) is 2.58. The summed E-state index contributed by atoms with van der Waals surface area (Å²) >= 11 is 12.8. The average Bonchev–Trinajstić information content (AvgIpc) is 2.84. The average molecular weight is 343 g/mol. The van der Waals surface area contributed by atoms with Crippen LogP contribution in [-0.2, 0) is 6.42 Å². The van der Waals surface area contributed by atoms with Gasteiger partial charge in [0.25, 0.3) is 5.91 Å². The number of carbonyl (C=O) groups is 1. The van der Waals surface area contributed by atoms with E-state index < -0.39 is 0 Å². The van der Waals surface area contributed by atoms with E-state index in [2.05, 4.69) is 15.5 Å². The number of aryl methyl sites for hydroxylation is 1. The Labute approximate surface area is 135 Å². The lowest BCUT2D eigenvalue weighted by Crippen LogP contribution is -2.17. The minimum atomic E-state index is -0.336. The standard InChI is InChI=1S/C13H12Cl2N4OS/c1-2-10-11(21-13(16)18-10)12(20)19-17-6-7-3-4-8(14)9(15)5-7/h3-6H,2H2,1H3,(H2,16,18)(H,19,20)/b17-6+. The summed E-state index contributed by atoms with van der Waals surface area (Å²) in [4.78, 5) is 16.6. The lowest BCUT2D eigenvalue weighted by molar-refractivity contribution is 0.0958. The molecule has 8 heteroatoms. The SMILES string of the molecule is CCc1nc(N)sc1C(=O)N/N=C/c1ccc(Cl)c(Cl)c1. The van der Waals surface area contributed by atoms with Crippen LogP contribution in [0.15, 0.2) is 23.3 Å². The summed E-state index contributed by atoms with van der Waals surface area (Å²) in [5.41, 5.74) is 9.44. The van der Waals surface area contributed by atoms with Crippen LogP contribution in [0, 0.1) is 0 Å². The maximum atomic E-state index is 12.0. The van der Waals surface area contributed by atoms with Gasteiger partial charge in [-0.25, -0.2) is 10.4 Å². The van der Waals surface area contributed by atoms with Crippen molar-refractivity contribution in [3.8, 4) is 0 Å². The molecule has 0 fully saturated rings. The topological polar surface area (TPSA) is 80.4 Å². The van der Waals surface area contributed by atoms with Crippen LogP contribution < -0.4 is 11.2 Å². The first-order valence-corrected chi connectivity index (χ1v) is 7.62. The Balaban J connectivity index is 2.06. The number of nitrogen functional groups attached to an aromatic ring is 1. The molecular weight excluding hydrogens is 331 g/mol. The van der Waals surface area contributed by atoms with Crippen LogP contribution in [0.3, 0.4) is 0 Å². The number of hydrazone groups is 1. The molecule has 0 spiro atoms. The number of benzene rings is 1. The summed E-state index contributed by atoms with van der Waals surface area (Å²) in [6.07, 6.45) is 2.11. The fraction of sp³-hybridized carbons (Fsp3) is 0.154. The van der Waals surface area contributed by atoms with Gasteiger partial charge in [-0.05, 0) is 24.1 Å². The summed E-state index contributed by atoms with van der Waals surface area (Å²) in [5.74, 6) is -0.336. The number of carbonyl (C=O) groups excluding carboxylic acids is 1. The zero-order valence-electron chi connectivity index (χ0n) is 11.1. The summed E-state index contributed by atoms with van der Waals surface area (Å²) in [5, 5.41) is 5.14. The molecule has 110 valence electrons. The number of halogens is 2. The van der Waals surface area contributed by atoms with E-state index in [-0.39, 0.29) is 5.91 Å². The molecule has 0 saturated heterocycles. The Hall–Kier alpha value is -1.63. The highest BCUT2D eigenvalue weighted by atomic mass is 35.5. The van der Waals surface area contributed by atoms with Crippen molar-refractivity contribution < 1.29 is 4.79 Å². The Morgan fingerprint density at radius 2 is 2.24 bits per heavy atom. The van der Waals surface area contributed by atoms with Crippen LogP contribution in [0.5, 0.6) is 0 Å². The molecule has 2 rings (SSSR count). The van der Waals surface area contributed by atoms with Gasteiger partial charge in [-0.1, -0.05) is 47.5 Å². The van der Waals surface area contributed by atoms with E-state index >= 15 is 0 Å². The summed E-state index contributed by atoms with van der Waals surface area (Å²) in [7, 11) is 0. The van der Waals surface area contributed by atoms with Gasteiger partial charge >= 0.3 is 0 Å². The van der Waals surface area contributed by atoms with Crippen LogP contribution in [-0.4, -0.2) is 17.1 Å². The van der Waals surface area contributed by atoms with Crippen LogP contribution in [0.4, 0.5) is 5.13 Å². The highest BCUT2D eigenvalue weighted by molar-refractivity contribution is 7.17. The Bertz CT molecular complexity index is 699. The van der Waals surface area contributed by atoms with E-state index in [4.69, 9.17) is 28.9 Å². The predicted molar refractivity (Wildman–Crippen MR) is 87.4 cm³/mol. The van der Waals surface area contributed by atoms with Crippen LogP contribution in [0.25, 0.3) is 0 Å². The fourth-order valence-corrected chi connectivity index (χ4v) is 2.71. The molecular formula is C13H12Cl2N4OS. The number of aromatic nitrogens is 1. The first-order valence-electron chi connectivity index (χ1n) is 6.05. The molecule has 3 N–H and O–H groups in total. The van der Waals surface area contributed by atoms with E-state index in [9.17, 15) is 4.79 Å². The molecule has 1 heterocycles. The molecule has 21 heavy (non-hydrogen) atoms. The van der Waals surface area contributed by atoms with Crippen molar-refractivity contribution in [1.29, 1.82) is 0 Å². The predicted octanol–water partition coefficient (Wildman–Crippen LogP) is 3.36. The van der Waals surface area contributed by atoms with Gasteiger partial charge in [0.15, 0.2) is 5.13 Å². The molecule has 1 aromatic carbocycles. The van der Waals surface area contributed by atoms with Crippen LogP contribution >= 0.6 is 34.5 Å². The molecule has 0 aliphatic heterocycles. The highest BCUT2D eigenvalue weighted by Gasteiger charge is 2.15. The number of amides is 1. The largest absolute Gasteiger partial charge is 0.375 e. The first kappa shape index (κ1) is 15.8. The van der Waals surface area contributed by atoms with Crippen molar-refractivity contribution in [2.75, 3.05) is 5.73 Å². The fourth-order valence-electron chi connectivity index (χ4n) is 1.60. The maximum absolute atomic E-state index is 12.0. The molecule has 1 aromatic heterocycles.